The molecule has 0 aliphatic heterocycles. The van der Waals surface area contributed by atoms with Crippen molar-refractivity contribution in [1.29, 1.82) is 5.26 Å². The fraction of sp³-hybridized carbons (Fsp3) is 0.0290. The van der Waals surface area contributed by atoms with Crippen molar-refractivity contribution in [2.24, 2.45) is 0 Å². The van der Waals surface area contributed by atoms with Crippen LogP contribution >= 0.6 is 0 Å². The summed E-state index contributed by atoms with van der Waals surface area (Å²) in [6.45, 7) is 0. The molecule has 0 saturated carbocycles. The molecule has 0 aliphatic carbocycles. The number of halogens is 6. The third-order valence-corrected chi connectivity index (χ3v) is 15.8. The van der Waals surface area contributed by atoms with Gasteiger partial charge < -0.3 is 18.3 Å². The van der Waals surface area contributed by atoms with Crippen LogP contribution in [0.25, 0.3) is 132 Å². The Hall–Kier alpha value is -10.3. The minimum atomic E-state index is -5.15. The predicted octanol–water partition coefficient (Wildman–Crippen LogP) is 19.3. The number of benzene rings is 11. The fourth-order valence-electron chi connectivity index (χ4n) is 12.7. The predicted molar refractivity (Wildman–Crippen MR) is 309 cm³/mol. The minimum absolute atomic E-state index is 0.291. The lowest BCUT2D eigenvalue weighted by atomic mass is 9.90. The molecule has 11 heteroatoms. The van der Waals surface area contributed by atoms with Gasteiger partial charge in [0.05, 0.1) is 78.3 Å². The van der Waals surface area contributed by atoms with Gasteiger partial charge in [-0.05, 0) is 103 Å². The summed E-state index contributed by atoms with van der Waals surface area (Å²) < 4.78 is 100. The smallest absolute Gasteiger partial charge is 0.309 e. The molecule has 15 rings (SSSR count). The van der Waals surface area contributed by atoms with E-state index in [0.29, 0.717) is 51.2 Å². The van der Waals surface area contributed by atoms with Gasteiger partial charge in [-0.3, -0.25) is 0 Å². The third-order valence-electron chi connectivity index (χ3n) is 15.8. The van der Waals surface area contributed by atoms with E-state index in [1.54, 1.807) is 18.2 Å². The van der Waals surface area contributed by atoms with Gasteiger partial charge in [0.25, 0.3) is 0 Å². The first kappa shape index (κ1) is 46.9. The lowest BCUT2D eigenvalue weighted by Gasteiger charge is -2.22. The second kappa shape index (κ2) is 17.3. The Kier molecular flexibility index (Phi) is 10.2. The third kappa shape index (κ3) is 6.85. The average Bonchev–Trinajstić information content (AvgIpc) is 3.84. The number of nitriles is 1. The largest absolute Gasteiger partial charge is 0.417 e. The van der Waals surface area contributed by atoms with Gasteiger partial charge in [-0.15, -0.1) is 0 Å². The summed E-state index contributed by atoms with van der Waals surface area (Å²) in [6.07, 6.45) is -10.3. The monoisotopic (exact) mass is 1050 g/mol. The van der Waals surface area contributed by atoms with Gasteiger partial charge in [0, 0.05) is 71.2 Å². The van der Waals surface area contributed by atoms with E-state index in [4.69, 9.17) is 0 Å². The number of para-hydroxylation sites is 6. The van der Waals surface area contributed by atoms with E-state index < -0.39 is 29.0 Å². The zero-order valence-corrected chi connectivity index (χ0v) is 42.0. The lowest BCUT2D eigenvalue weighted by Crippen LogP contribution is -2.14. The van der Waals surface area contributed by atoms with Crippen LogP contribution in [0.3, 0.4) is 0 Å². The van der Waals surface area contributed by atoms with E-state index in [-0.39, 0.29) is 5.56 Å². The summed E-state index contributed by atoms with van der Waals surface area (Å²) in [7, 11) is 0. The Labute approximate surface area is 451 Å². The normalized spacial score (nSPS) is 12.4. The van der Waals surface area contributed by atoms with Crippen LogP contribution in [-0.4, -0.2) is 18.3 Å². The molecule has 5 nitrogen and oxygen atoms in total. The van der Waals surface area contributed by atoms with E-state index in [2.05, 4.69) is 74.4 Å². The number of hydrogen-bond donors (Lipinski definition) is 0. The van der Waals surface area contributed by atoms with Gasteiger partial charge in [0.2, 0.25) is 0 Å². The number of fused-ring (bicyclic) bond motifs is 14. The van der Waals surface area contributed by atoms with Crippen LogP contribution in [0, 0.1) is 11.3 Å². The number of hydrogen-bond acceptors (Lipinski definition) is 1. The highest BCUT2D eigenvalue weighted by molar-refractivity contribution is 6.28. The average molecular weight is 1050 g/mol. The standard InChI is InChI=1S/C69H39F6N5/c70-68(71,72)53-24-15-25-54(69(73,74)75)63(53)42-31-32-47(62(39-42)80-58-29-14-10-23-51(58)65-61(80)37-34-49-46-21-8-12-27-56(46)78(67(49)65)44-18-5-2-6-19-44)52-38-41(40-76)30-35-59(52)79-57-28-13-9-22-50(57)64-60(79)36-33-48-45-20-7-11-26-55(45)77(66(48)64)43-16-3-1-4-17-43/h1-39H. The molecule has 0 bridgehead atoms. The van der Waals surface area contributed by atoms with Crippen molar-refractivity contribution in [1.82, 2.24) is 18.3 Å². The van der Waals surface area contributed by atoms with Crippen molar-refractivity contribution in [3.63, 3.8) is 0 Å². The van der Waals surface area contributed by atoms with Gasteiger partial charge >= 0.3 is 12.4 Å². The highest BCUT2D eigenvalue weighted by atomic mass is 19.4. The molecule has 80 heavy (non-hydrogen) atoms. The molecule has 4 aromatic heterocycles. The minimum Gasteiger partial charge on any atom is -0.309 e. The van der Waals surface area contributed by atoms with Crippen molar-refractivity contribution in [2.45, 2.75) is 12.4 Å². The van der Waals surface area contributed by atoms with Crippen LogP contribution in [0.2, 0.25) is 0 Å². The first-order valence-electron chi connectivity index (χ1n) is 26.0. The molecule has 0 atom stereocenters. The first-order chi connectivity index (χ1) is 39.0. The lowest BCUT2D eigenvalue weighted by molar-refractivity contribution is -0.142. The second-order valence-electron chi connectivity index (χ2n) is 20.1. The summed E-state index contributed by atoms with van der Waals surface area (Å²) in [6, 6.07) is 74.9. The van der Waals surface area contributed by atoms with Crippen LogP contribution in [0.4, 0.5) is 26.3 Å². The van der Waals surface area contributed by atoms with Gasteiger partial charge in [0.1, 0.15) is 0 Å². The van der Waals surface area contributed by atoms with Gasteiger partial charge in [-0.25, -0.2) is 0 Å². The maximum absolute atomic E-state index is 15.3. The number of aromatic nitrogens is 4. The molecule has 0 saturated heterocycles. The molecular weight excluding hydrogens is 1010 g/mol. The summed E-state index contributed by atoms with van der Waals surface area (Å²) >= 11 is 0. The van der Waals surface area contributed by atoms with E-state index in [9.17, 15) is 5.26 Å². The molecule has 0 radical (unpaired) electrons. The SMILES string of the molecule is N#Cc1ccc(-n2c3ccccc3c3c2ccc2c4ccccc4n(-c4ccccc4)c23)c(-c2ccc(-c3c(C(F)(F)F)cccc3C(F)(F)F)cc2-n2c3ccccc3c3c2ccc2c4ccccc4n(-c4ccccc4)c23)c1. The maximum atomic E-state index is 15.3. The van der Waals surface area contributed by atoms with Crippen LogP contribution in [0.5, 0.6) is 0 Å². The van der Waals surface area contributed by atoms with Crippen LogP contribution < -0.4 is 0 Å². The van der Waals surface area contributed by atoms with Crippen LogP contribution in [-0.2, 0) is 12.4 Å². The molecule has 15 aromatic rings. The Bertz CT molecular complexity index is 5070. The molecule has 0 spiro atoms. The summed E-state index contributed by atoms with van der Waals surface area (Å²) in [5.74, 6) is 0. The maximum Gasteiger partial charge on any atom is 0.417 e. The molecule has 4 heterocycles. The van der Waals surface area contributed by atoms with Crippen molar-refractivity contribution in [3.8, 4) is 51.1 Å². The van der Waals surface area contributed by atoms with Crippen LogP contribution in [0.1, 0.15) is 16.7 Å². The molecule has 382 valence electrons. The van der Waals surface area contributed by atoms with Crippen LogP contribution in [0.15, 0.2) is 237 Å². The van der Waals surface area contributed by atoms with E-state index >= 15 is 26.3 Å². The number of alkyl halides is 6. The molecule has 0 amide bonds. The molecular formula is C69H39F6N5. The topological polar surface area (TPSA) is 43.5 Å². The summed E-state index contributed by atoms with van der Waals surface area (Å²) in [5, 5.41) is 18.4. The molecule has 0 fully saturated rings. The highest BCUT2D eigenvalue weighted by Crippen LogP contribution is 2.50. The summed E-state index contributed by atoms with van der Waals surface area (Å²) in [4.78, 5) is 0. The molecule has 0 aliphatic rings. The Morgan fingerprint density at radius 3 is 1.24 bits per heavy atom. The summed E-state index contributed by atoms with van der Waals surface area (Å²) in [5.41, 5.74) is 6.78. The Morgan fingerprint density at radius 2 is 0.762 bits per heavy atom. The zero-order valence-electron chi connectivity index (χ0n) is 42.0. The quantitative estimate of drug-likeness (QED) is 0.153. The fourth-order valence-corrected chi connectivity index (χ4v) is 12.7. The Morgan fingerprint density at radius 1 is 0.325 bits per heavy atom. The highest BCUT2D eigenvalue weighted by Gasteiger charge is 2.41. The van der Waals surface area contributed by atoms with Crippen molar-refractivity contribution < 1.29 is 26.3 Å². The molecule has 0 unspecified atom stereocenters. The van der Waals surface area contributed by atoms with Gasteiger partial charge in [-0.2, -0.15) is 31.6 Å². The van der Waals surface area contributed by atoms with Gasteiger partial charge in [-0.1, -0.05) is 140 Å². The molecule has 11 aromatic carbocycles. The Balaban J connectivity index is 1.10. The van der Waals surface area contributed by atoms with Crippen molar-refractivity contribution >= 4 is 87.2 Å². The number of rotatable bonds is 6. The number of nitrogens with zero attached hydrogens (tertiary/aromatic N) is 5. The molecule has 0 N–H and O–H groups in total. The second-order valence-corrected chi connectivity index (χ2v) is 20.1. The first-order valence-corrected chi connectivity index (χ1v) is 26.0. The van der Waals surface area contributed by atoms with Crippen molar-refractivity contribution in [3.05, 3.63) is 253 Å². The zero-order chi connectivity index (χ0) is 54.2. The van der Waals surface area contributed by atoms with Gasteiger partial charge in [0.15, 0.2) is 0 Å². The van der Waals surface area contributed by atoms with E-state index in [0.717, 1.165) is 93.6 Å². The van der Waals surface area contributed by atoms with Crippen molar-refractivity contribution in [2.75, 3.05) is 0 Å². The van der Waals surface area contributed by atoms with E-state index in [1.165, 1.54) is 12.1 Å². The van der Waals surface area contributed by atoms with E-state index in [1.807, 2.05) is 138 Å².